The third kappa shape index (κ3) is 1.90. The molecule has 0 radical (unpaired) electrons. The highest BCUT2D eigenvalue weighted by atomic mass is 16.7. The second-order valence-electron chi connectivity index (χ2n) is 4.13. The van der Waals surface area contributed by atoms with Gasteiger partial charge in [0.2, 0.25) is 6.79 Å². The SMILES string of the molecule is Cc1cc(N)cnc1Nc1ccc2c(c1)OCO2. The van der Waals surface area contributed by atoms with E-state index in [2.05, 4.69) is 10.3 Å². The second-order valence-corrected chi connectivity index (χ2v) is 4.13. The molecule has 0 unspecified atom stereocenters. The van der Waals surface area contributed by atoms with Gasteiger partial charge >= 0.3 is 0 Å². The predicted molar refractivity (Wildman–Crippen MR) is 69.2 cm³/mol. The van der Waals surface area contributed by atoms with E-state index in [1.54, 1.807) is 6.20 Å². The zero-order chi connectivity index (χ0) is 12.5. The van der Waals surface area contributed by atoms with Gasteiger partial charge in [0.1, 0.15) is 5.82 Å². The van der Waals surface area contributed by atoms with E-state index in [0.29, 0.717) is 5.69 Å². The topological polar surface area (TPSA) is 69.4 Å². The first kappa shape index (κ1) is 10.7. The molecule has 3 N–H and O–H groups in total. The van der Waals surface area contributed by atoms with Crippen molar-refractivity contribution in [2.24, 2.45) is 0 Å². The molecule has 1 aliphatic heterocycles. The minimum Gasteiger partial charge on any atom is -0.454 e. The summed E-state index contributed by atoms with van der Waals surface area (Å²) in [6, 6.07) is 7.56. The Hall–Kier alpha value is -2.43. The number of aryl methyl sites for hydroxylation is 1. The molecule has 2 aromatic rings. The standard InChI is InChI=1S/C13H13N3O2/c1-8-4-9(14)6-15-13(8)16-10-2-3-11-12(5-10)18-7-17-11/h2-6H,7,14H2,1H3,(H,15,16). The number of nitrogens with two attached hydrogens (primary N) is 1. The van der Waals surface area contributed by atoms with Crippen LogP contribution in [0.15, 0.2) is 30.5 Å². The number of nitrogens with one attached hydrogen (secondary N) is 1. The number of ether oxygens (including phenoxy) is 2. The maximum absolute atomic E-state index is 5.67. The minimum atomic E-state index is 0.276. The Morgan fingerprint density at radius 1 is 1.22 bits per heavy atom. The van der Waals surface area contributed by atoms with Crippen LogP contribution < -0.4 is 20.5 Å². The molecule has 92 valence electrons. The number of aromatic nitrogens is 1. The van der Waals surface area contributed by atoms with Crippen LogP contribution in [0.1, 0.15) is 5.56 Å². The highest BCUT2D eigenvalue weighted by Gasteiger charge is 2.13. The molecule has 1 aromatic heterocycles. The molecule has 1 aromatic carbocycles. The van der Waals surface area contributed by atoms with Crippen molar-refractivity contribution in [1.29, 1.82) is 0 Å². The molecule has 0 aliphatic carbocycles. The fourth-order valence-electron chi connectivity index (χ4n) is 1.84. The first-order chi connectivity index (χ1) is 8.72. The lowest BCUT2D eigenvalue weighted by Crippen LogP contribution is -1.98. The van der Waals surface area contributed by atoms with E-state index in [4.69, 9.17) is 15.2 Å². The van der Waals surface area contributed by atoms with Crippen LogP contribution in [0.3, 0.4) is 0 Å². The molecule has 0 atom stereocenters. The molecule has 0 fully saturated rings. The molecule has 1 aliphatic rings. The van der Waals surface area contributed by atoms with Crippen LogP contribution in [-0.2, 0) is 0 Å². The van der Waals surface area contributed by atoms with Gasteiger partial charge in [-0.05, 0) is 30.7 Å². The number of hydrogen-bond donors (Lipinski definition) is 2. The predicted octanol–water partition coefficient (Wildman–Crippen LogP) is 2.44. The van der Waals surface area contributed by atoms with Gasteiger partial charge < -0.3 is 20.5 Å². The number of anilines is 3. The molecule has 0 bridgehead atoms. The highest BCUT2D eigenvalue weighted by Crippen LogP contribution is 2.35. The van der Waals surface area contributed by atoms with E-state index in [1.807, 2.05) is 31.2 Å². The zero-order valence-corrected chi connectivity index (χ0v) is 9.93. The Morgan fingerprint density at radius 3 is 2.89 bits per heavy atom. The van der Waals surface area contributed by atoms with Crippen LogP contribution in [0.2, 0.25) is 0 Å². The molecule has 3 rings (SSSR count). The first-order valence-corrected chi connectivity index (χ1v) is 5.61. The maximum atomic E-state index is 5.67. The van der Waals surface area contributed by atoms with E-state index >= 15 is 0 Å². The summed E-state index contributed by atoms with van der Waals surface area (Å²) in [5.41, 5.74) is 8.22. The average molecular weight is 243 g/mol. The van der Waals surface area contributed by atoms with Crippen molar-refractivity contribution < 1.29 is 9.47 Å². The van der Waals surface area contributed by atoms with Crippen molar-refractivity contribution >= 4 is 17.2 Å². The number of hydrogen-bond acceptors (Lipinski definition) is 5. The lowest BCUT2D eigenvalue weighted by atomic mass is 10.2. The fraction of sp³-hybridized carbons (Fsp3) is 0.154. The molecule has 0 amide bonds. The number of benzene rings is 1. The summed E-state index contributed by atoms with van der Waals surface area (Å²) < 4.78 is 10.6. The van der Waals surface area contributed by atoms with Crippen LogP contribution in [0.25, 0.3) is 0 Å². The lowest BCUT2D eigenvalue weighted by molar-refractivity contribution is 0.174. The third-order valence-corrected chi connectivity index (χ3v) is 2.73. The molecule has 5 heteroatoms. The summed E-state index contributed by atoms with van der Waals surface area (Å²) in [6.07, 6.45) is 1.63. The van der Waals surface area contributed by atoms with Crippen LogP contribution in [-0.4, -0.2) is 11.8 Å². The van der Waals surface area contributed by atoms with Gasteiger partial charge in [0, 0.05) is 11.8 Å². The Bertz CT molecular complexity index is 599. The molecular formula is C13H13N3O2. The average Bonchev–Trinajstić information content (AvgIpc) is 2.80. The van der Waals surface area contributed by atoms with E-state index in [9.17, 15) is 0 Å². The third-order valence-electron chi connectivity index (χ3n) is 2.73. The first-order valence-electron chi connectivity index (χ1n) is 5.61. The summed E-state index contributed by atoms with van der Waals surface area (Å²) in [7, 11) is 0. The summed E-state index contributed by atoms with van der Waals surface area (Å²) in [6.45, 7) is 2.23. The van der Waals surface area contributed by atoms with Gasteiger partial charge in [0.05, 0.1) is 11.9 Å². The van der Waals surface area contributed by atoms with E-state index < -0.39 is 0 Å². The van der Waals surface area contributed by atoms with Gasteiger partial charge in [-0.2, -0.15) is 0 Å². The van der Waals surface area contributed by atoms with Gasteiger partial charge in [0.25, 0.3) is 0 Å². The minimum absolute atomic E-state index is 0.276. The van der Waals surface area contributed by atoms with E-state index in [-0.39, 0.29) is 6.79 Å². The molecule has 18 heavy (non-hydrogen) atoms. The van der Waals surface area contributed by atoms with Crippen molar-refractivity contribution in [3.63, 3.8) is 0 Å². The van der Waals surface area contributed by atoms with Crippen LogP contribution in [0, 0.1) is 6.92 Å². The highest BCUT2D eigenvalue weighted by molar-refractivity contribution is 5.64. The number of rotatable bonds is 2. The normalized spacial score (nSPS) is 12.5. The number of fused-ring (bicyclic) bond motifs is 1. The van der Waals surface area contributed by atoms with Crippen molar-refractivity contribution in [1.82, 2.24) is 4.98 Å². The van der Waals surface area contributed by atoms with Crippen molar-refractivity contribution in [2.45, 2.75) is 6.92 Å². The molecular weight excluding hydrogens is 230 g/mol. The second kappa shape index (κ2) is 4.10. The van der Waals surface area contributed by atoms with Crippen LogP contribution in [0.4, 0.5) is 17.2 Å². The monoisotopic (exact) mass is 243 g/mol. The Morgan fingerprint density at radius 2 is 2.06 bits per heavy atom. The molecule has 5 nitrogen and oxygen atoms in total. The summed E-state index contributed by atoms with van der Waals surface area (Å²) in [5.74, 6) is 2.29. The summed E-state index contributed by atoms with van der Waals surface area (Å²) in [5, 5.41) is 3.23. The largest absolute Gasteiger partial charge is 0.454 e. The number of nitrogen functional groups attached to an aromatic ring is 1. The molecule has 0 saturated heterocycles. The van der Waals surface area contributed by atoms with Crippen LogP contribution >= 0.6 is 0 Å². The van der Waals surface area contributed by atoms with Gasteiger partial charge in [-0.15, -0.1) is 0 Å². The lowest BCUT2D eigenvalue weighted by Gasteiger charge is -2.09. The Kier molecular flexibility index (Phi) is 2.44. The number of pyridine rings is 1. The smallest absolute Gasteiger partial charge is 0.231 e. The van der Waals surface area contributed by atoms with Crippen molar-refractivity contribution in [3.8, 4) is 11.5 Å². The van der Waals surface area contributed by atoms with Gasteiger partial charge in [0.15, 0.2) is 11.5 Å². The van der Waals surface area contributed by atoms with Gasteiger partial charge in [-0.3, -0.25) is 0 Å². The van der Waals surface area contributed by atoms with Gasteiger partial charge in [-0.25, -0.2) is 4.98 Å². The molecule has 0 spiro atoms. The quantitative estimate of drug-likeness (QED) is 0.847. The maximum Gasteiger partial charge on any atom is 0.231 e. The van der Waals surface area contributed by atoms with Crippen molar-refractivity contribution in [2.75, 3.05) is 17.8 Å². The van der Waals surface area contributed by atoms with E-state index in [0.717, 1.165) is 28.6 Å². The number of nitrogens with zero attached hydrogens (tertiary/aromatic N) is 1. The summed E-state index contributed by atoms with van der Waals surface area (Å²) >= 11 is 0. The fourth-order valence-corrected chi connectivity index (χ4v) is 1.84. The molecule has 0 saturated carbocycles. The summed E-state index contributed by atoms with van der Waals surface area (Å²) in [4.78, 5) is 4.26. The molecule has 2 heterocycles. The van der Waals surface area contributed by atoms with E-state index in [1.165, 1.54) is 0 Å². The zero-order valence-electron chi connectivity index (χ0n) is 9.93. The van der Waals surface area contributed by atoms with Crippen LogP contribution in [0.5, 0.6) is 11.5 Å². The Balaban J connectivity index is 1.88. The van der Waals surface area contributed by atoms with Gasteiger partial charge in [-0.1, -0.05) is 0 Å². The Labute approximate surface area is 105 Å². The van der Waals surface area contributed by atoms with Crippen molar-refractivity contribution in [3.05, 3.63) is 36.0 Å².